The molecule has 6 aliphatic carbocycles. The van der Waals surface area contributed by atoms with E-state index in [4.69, 9.17) is 0 Å². The van der Waals surface area contributed by atoms with Crippen LogP contribution in [0.4, 0.5) is 0 Å². The first-order chi connectivity index (χ1) is 24.9. The van der Waals surface area contributed by atoms with E-state index >= 15 is 0 Å². The van der Waals surface area contributed by atoms with E-state index in [2.05, 4.69) is 165 Å². The molecule has 2 heteroatoms. The van der Waals surface area contributed by atoms with Crippen LogP contribution in [0.5, 0.6) is 0 Å². The molecule has 9 unspecified atom stereocenters. The average Bonchev–Trinajstić information content (AvgIpc) is 3.88. The molecule has 0 saturated heterocycles. The minimum Gasteiger partial charge on any atom is -0.354 e. The molecular formula is C49H56N2. The number of fused-ring (bicyclic) bond motifs is 6. The predicted molar refractivity (Wildman–Crippen MR) is 214 cm³/mol. The maximum absolute atomic E-state index is 3.76. The third-order valence-corrected chi connectivity index (χ3v) is 14.2. The Balaban J connectivity index is 0.887. The monoisotopic (exact) mass is 672 g/mol. The number of allylic oxidation sites excluding steroid dienone is 14. The standard InChI is InChI=1S/C49H56N2/c1-34-8-23-45-41(29-34)32-42(33-50-45)39-18-13-35(14-19-39)9-11-37-17-22-43-44(30-37)49(25-4-5-26-49)47-31-38(24-27-48(43,47)2)12-10-36-15-20-40(21-16-36)46-7-6-28-51(46)3/h6-20,22-24,27-28,30,32,34,38,40,42-45,47,50H,4-5,21,25-26,29,31,33H2,1-3H3. The Morgan fingerprint density at radius 2 is 1.69 bits per heavy atom. The number of aromatic nitrogens is 1. The van der Waals surface area contributed by atoms with E-state index in [1.165, 1.54) is 66.5 Å². The van der Waals surface area contributed by atoms with Gasteiger partial charge in [0.05, 0.1) is 0 Å². The predicted octanol–water partition coefficient (Wildman–Crippen LogP) is 11.3. The number of nitrogens with one attached hydrogen (secondary N) is 1. The van der Waals surface area contributed by atoms with Crippen molar-refractivity contribution < 1.29 is 0 Å². The summed E-state index contributed by atoms with van der Waals surface area (Å²) >= 11 is 0. The Morgan fingerprint density at radius 3 is 2.47 bits per heavy atom. The van der Waals surface area contributed by atoms with E-state index in [0.29, 0.717) is 47.0 Å². The molecule has 1 aromatic carbocycles. The molecule has 0 amide bonds. The lowest BCUT2D eigenvalue weighted by molar-refractivity contribution is 0.102. The van der Waals surface area contributed by atoms with E-state index in [1.807, 2.05) is 0 Å². The fraction of sp³-hybridized carbons (Fsp3) is 0.429. The maximum Gasteiger partial charge on any atom is 0.0466 e. The number of hydrogen-bond acceptors (Lipinski definition) is 1. The molecule has 1 N–H and O–H groups in total. The zero-order valence-electron chi connectivity index (χ0n) is 30.9. The van der Waals surface area contributed by atoms with Crippen molar-refractivity contribution >= 4 is 6.08 Å². The fourth-order valence-electron chi connectivity index (χ4n) is 11.5. The van der Waals surface area contributed by atoms with Crippen LogP contribution in [0.1, 0.15) is 87.4 Å². The van der Waals surface area contributed by atoms with E-state index in [-0.39, 0.29) is 5.41 Å². The molecule has 51 heavy (non-hydrogen) atoms. The average molecular weight is 673 g/mol. The van der Waals surface area contributed by atoms with Gasteiger partial charge in [-0.3, -0.25) is 0 Å². The molecule has 0 radical (unpaired) electrons. The second kappa shape index (κ2) is 13.3. The Labute approximate surface area is 306 Å². The van der Waals surface area contributed by atoms with E-state index < -0.39 is 0 Å². The molecule has 262 valence electrons. The first-order valence-electron chi connectivity index (χ1n) is 20.1. The van der Waals surface area contributed by atoms with Gasteiger partial charge in [-0.15, -0.1) is 0 Å². The fourth-order valence-corrected chi connectivity index (χ4v) is 11.5. The van der Waals surface area contributed by atoms with Crippen LogP contribution in [0.15, 0.2) is 144 Å². The summed E-state index contributed by atoms with van der Waals surface area (Å²) in [6.07, 6.45) is 48.2. The topological polar surface area (TPSA) is 17.0 Å². The lowest BCUT2D eigenvalue weighted by Gasteiger charge is -2.43. The van der Waals surface area contributed by atoms with Crippen LogP contribution in [0, 0.1) is 40.4 Å². The maximum atomic E-state index is 3.76. The summed E-state index contributed by atoms with van der Waals surface area (Å²) in [5, 5.41) is 3.76. The zero-order valence-corrected chi connectivity index (χ0v) is 30.9. The molecule has 9 rings (SSSR count). The van der Waals surface area contributed by atoms with Gasteiger partial charge in [-0.2, -0.15) is 0 Å². The molecule has 2 saturated carbocycles. The molecule has 0 bridgehead atoms. The van der Waals surface area contributed by atoms with Crippen LogP contribution in [-0.2, 0) is 7.05 Å². The molecule has 1 spiro atoms. The van der Waals surface area contributed by atoms with Crippen LogP contribution in [-0.4, -0.2) is 17.2 Å². The second-order valence-electron chi connectivity index (χ2n) is 17.3. The molecule has 7 aliphatic rings. The van der Waals surface area contributed by atoms with Gasteiger partial charge in [-0.05, 0) is 107 Å². The summed E-state index contributed by atoms with van der Waals surface area (Å²) in [6.45, 7) is 5.93. The molecule has 2 aromatic rings. The molecular weight excluding hydrogens is 617 g/mol. The highest BCUT2D eigenvalue weighted by Gasteiger charge is 2.64. The van der Waals surface area contributed by atoms with Crippen molar-refractivity contribution in [3.05, 3.63) is 161 Å². The SMILES string of the molecule is CC1C=CC2NCC(c3ccc(C=CC4=CC5C(C=C4)C4(C)C=CC(C=CC6=CCC(c7cccn7C)C=C6)CC4C54CCCC4)cc3)C=C2C1. The van der Waals surface area contributed by atoms with Gasteiger partial charge in [0, 0.05) is 43.4 Å². The Kier molecular flexibility index (Phi) is 8.58. The second-order valence-corrected chi connectivity index (χ2v) is 17.3. The van der Waals surface area contributed by atoms with Gasteiger partial charge in [0.2, 0.25) is 0 Å². The summed E-state index contributed by atoms with van der Waals surface area (Å²) in [7, 11) is 2.15. The van der Waals surface area contributed by atoms with Crippen molar-refractivity contribution in [3.63, 3.8) is 0 Å². The van der Waals surface area contributed by atoms with Crippen LogP contribution >= 0.6 is 0 Å². The van der Waals surface area contributed by atoms with Crippen molar-refractivity contribution in [3.8, 4) is 0 Å². The summed E-state index contributed by atoms with van der Waals surface area (Å²) in [6, 6.07) is 14.2. The summed E-state index contributed by atoms with van der Waals surface area (Å²) < 4.78 is 2.25. The van der Waals surface area contributed by atoms with Crippen molar-refractivity contribution in [1.82, 2.24) is 9.88 Å². The summed E-state index contributed by atoms with van der Waals surface area (Å²) in [5.74, 6) is 4.05. The van der Waals surface area contributed by atoms with Gasteiger partial charge in [0.15, 0.2) is 0 Å². The molecule has 1 aromatic heterocycles. The van der Waals surface area contributed by atoms with Gasteiger partial charge in [-0.25, -0.2) is 0 Å². The van der Waals surface area contributed by atoms with Gasteiger partial charge >= 0.3 is 0 Å². The molecule has 1 aliphatic heterocycles. The van der Waals surface area contributed by atoms with Crippen LogP contribution < -0.4 is 5.32 Å². The number of nitrogens with zero attached hydrogens (tertiary/aromatic N) is 1. The number of rotatable bonds is 6. The van der Waals surface area contributed by atoms with Crippen molar-refractivity contribution in [1.29, 1.82) is 0 Å². The van der Waals surface area contributed by atoms with E-state index in [9.17, 15) is 0 Å². The highest BCUT2D eigenvalue weighted by Crippen LogP contribution is 2.71. The number of hydrogen-bond donors (Lipinski definition) is 1. The highest BCUT2D eigenvalue weighted by molar-refractivity contribution is 5.57. The number of aryl methyl sites for hydroxylation is 1. The van der Waals surface area contributed by atoms with Crippen LogP contribution in [0.2, 0.25) is 0 Å². The first kappa shape index (κ1) is 33.0. The lowest BCUT2D eigenvalue weighted by Crippen LogP contribution is -2.38. The third-order valence-electron chi connectivity index (χ3n) is 14.2. The summed E-state index contributed by atoms with van der Waals surface area (Å²) in [4.78, 5) is 0. The largest absolute Gasteiger partial charge is 0.354 e. The minimum atomic E-state index is 0.235. The lowest BCUT2D eigenvalue weighted by atomic mass is 9.61. The first-order valence-corrected chi connectivity index (χ1v) is 20.1. The van der Waals surface area contributed by atoms with Gasteiger partial charge < -0.3 is 9.88 Å². The van der Waals surface area contributed by atoms with Gasteiger partial charge in [0.25, 0.3) is 0 Å². The normalized spacial score (nSPS) is 36.3. The van der Waals surface area contributed by atoms with Gasteiger partial charge in [-0.1, -0.05) is 148 Å². The minimum absolute atomic E-state index is 0.235. The van der Waals surface area contributed by atoms with Crippen molar-refractivity contribution in [2.45, 2.75) is 76.7 Å². The van der Waals surface area contributed by atoms with Crippen LogP contribution in [0.3, 0.4) is 0 Å². The molecule has 2 nitrogen and oxygen atoms in total. The molecule has 2 heterocycles. The van der Waals surface area contributed by atoms with E-state index in [0.717, 1.165) is 18.9 Å². The highest BCUT2D eigenvalue weighted by atomic mass is 14.9. The van der Waals surface area contributed by atoms with Crippen LogP contribution in [0.25, 0.3) is 6.08 Å². The van der Waals surface area contributed by atoms with E-state index in [1.54, 1.807) is 5.57 Å². The molecule has 9 atom stereocenters. The third kappa shape index (κ3) is 6.02. The van der Waals surface area contributed by atoms with Gasteiger partial charge in [0.1, 0.15) is 0 Å². The zero-order chi connectivity index (χ0) is 34.6. The molecule has 2 fully saturated rings. The smallest absolute Gasteiger partial charge is 0.0466 e. The Bertz CT molecular complexity index is 1910. The Morgan fingerprint density at radius 1 is 0.843 bits per heavy atom. The van der Waals surface area contributed by atoms with Crippen molar-refractivity contribution in [2.24, 2.45) is 47.5 Å². The Hall–Kier alpha value is -3.88. The quantitative estimate of drug-likeness (QED) is 0.302. The number of benzene rings is 1. The van der Waals surface area contributed by atoms with Crippen molar-refractivity contribution in [2.75, 3.05) is 6.54 Å². The summed E-state index contributed by atoms with van der Waals surface area (Å²) in [5.41, 5.74) is 9.08.